The summed E-state index contributed by atoms with van der Waals surface area (Å²) in [5.41, 5.74) is 1.15. The number of fused-ring (bicyclic) bond motifs is 1. The summed E-state index contributed by atoms with van der Waals surface area (Å²) in [7, 11) is 0. The zero-order valence-electron chi connectivity index (χ0n) is 7.37. The van der Waals surface area contributed by atoms with Gasteiger partial charge in [0.15, 0.2) is 0 Å². The van der Waals surface area contributed by atoms with Gasteiger partial charge in [-0.1, -0.05) is 36.8 Å². The van der Waals surface area contributed by atoms with Crippen molar-refractivity contribution in [3.05, 3.63) is 42.0 Å². The van der Waals surface area contributed by atoms with Crippen LogP contribution in [0.4, 0.5) is 0 Å². The summed E-state index contributed by atoms with van der Waals surface area (Å²) < 4.78 is 5.46. The molecule has 1 aliphatic rings. The van der Waals surface area contributed by atoms with Gasteiger partial charge in [-0.15, -0.1) is 0 Å². The number of ether oxygens (including phenoxy) is 1. The van der Waals surface area contributed by atoms with Gasteiger partial charge < -0.3 is 4.74 Å². The van der Waals surface area contributed by atoms with Gasteiger partial charge in [0.25, 0.3) is 0 Å². The van der Waals surface area contributed by atoms with Crippen LogP contribution in [-0.4, -0.2) is 0 Å². The van der Waals surface area contributed by atoms with E-state index in [0.717, 1.165) is 17.4 Å². The molecule has 2 rings (SSSR count). The number of benzene rings is 1. The van der Waals surface area contributed by atoms with E-state index in [-0.39, 0.29) is 58.2 Å². The van der Waals surface area contributed by atoms with Crippen LogP contribution in [0.25, 0.3) is 6.08 Å². The first kappa shape index (κ1) is 10.5. The van der Waals surface area contributed by atoms with E-state index in [0.29, 0.717) is 0 Å². The van der Waals surface area contributed by atoms with Crippen molar-refractivity contribution in [2.75, 3.05) is 0 Å². The van der Waals surface area contributed by atoms with Crippen LogP contribution in [-0.2, 0) is 0 Å². The van der Waals surface area contributed by atoms with Crippen molar-refractivity contribution < 1.29 is 62.9 Å². The number of rotatable bonds is 0. The second-order valence-corrected chi connectivity index (χ2v) is 2.58. The minimum absolute atomic E-state index is 0. The molecule has 0 unspecified atom stereocenters. The summed E-state index contributed by atoms with van der Waals surface area (Å²) >= 11 is 0. The molecule has 1 aromatic carbocycles. The molecule has 0 saturated carbocycles. The van der Waals surface area contributed by atoms with Crippen molar-refractivity contribution in [2.45, 2.75) is 6.92 Å². The van der Waals surface area contributed by atoms with Crippen molar-refractivity contribution in [1.82, 2.24) is 0 Å². The molecular weight excluding hydrogens is 222 g/mol. The maximum atomic E-state index is 5.46. The second-order valence-electron chi connectivity index (χ2n) is 2.58. The molecule has 0 spiro atoms. The molecule has 12 heavy (non-hydrogen) atoms. The third-order valence-electron chi connectivity index (χ3n) is 1.69. The zero-order chi connectivity index (χ0) is 7.68. The predicted octanol–water partition coefficient (Wildman–Crippen LogP) is -0.352. The molecule has 0 fully saturated rings. The maximum Gasteiger partial charge on any atom is 1.00 e. The van der Waals surface area contributed by atoms with Gasteiger partial charge >= 0.3 is 58.2 Å². The molecule has 0 saturated heterocycles. The van der Waals surface area contributed by atoms with Crippen molar-refractivity contribution in [2.24, 2.45) is 0 Å². The molecule has 0 atom stereocenters. The van der Waals surface area contributed by atoms with Crippen LogP contribution in [0.15, 0.2) is 30.3 Å². The van der Waals surface area contributed by atoms with E-state index in [2.05, 4.69) is 6.08 Å². The van der Waals surface area contributed by atoms with E-state index in [1.54, 1.807) is 0 Å². The minimum Gasteiger partial charge on any atom is -0.551 e. The van der Waals surface area contributed by atoms with Crippen LogP contribution < -0.4 is 62.9 Å². The van der Waals surface area contributed by atoms with Gasteiger partial charge in [-0.05, 0) is 6.07 Å². The summed E-state index contributed by atoms with van der Waals surface area (Å²) in [6.07, 6.45) is 4.99. The van der Waals surface area contributed by atoms with Crippen LogP contribution in [0.2, 0.25) is 0 Å². The summed E-state index contributed by atoms with van der Waals surface area (Å²) in [5, 5.41) is 0. The Morgan fingerprint density at radius 3 is 2.83 bits per heavy atom. The first-order valence-electron chi connectivity index (χ1n) is 3.65. The molecule has 0 aliphatic carbocycles. The van der Waals surface area contributed by atoms with Gasteiger partial charge in [-0.25, -0.2) is 0 Å². The molecule has 1 nitrogen and oxygen atoms in total. The van der Waals surface area contributed by atoms with Crippen molar-refractivity contribution >= 4 is 6.08 Å². The predicted molar refractivity (Wildman–Crippen MR) is 45.0 cm³/mol. The normalized spacial score (nSPS) is 12.9. The monoisotopic (exact) mass is 230 g/mol. The average molecular weight is 231 g/mol. The van der Waals surface area contributed by atoms with Crippen molar-refractivity contribution in [1.29, 1.82) is 0 Å². The fourth-order valence-corrected chi connectivity index (χ4v) is 1.13. The number of hydrogen-bond donors (Lipinski definition) is 0. The Labute approximate surface area is 122 Å². The molecule has 0 aromatic heterocycles. The van der Waals surface area contributed by atoms with Crippen molar-refractivity contribution in [3.63, 3.8) is 0 Å². The Bertz CT molecular complexity index is 294. The minimum atomic E-state index is 0. The Balaban J connectivity index is 0.000000720. The van der Waals surface area contributed by atoms with E-state index in [9.17, 15) is 0 Å². The van der Waals surface area contributed by atoms with E-state index < -0.39 is 0 Å². The smallest absolute Gasteiger partial charge is 0.551 e. The molecule has 2 heteroatoms. The van der Waals surface area contributed by atoms with Gasteiger partial charge in [0.05, 0.1) is 5.75 Å². The van der Waals surface area contributed by atoms with Crippen LogP contribution in [0.1, 0.15) is 12.5 Å². The third-order valence-corrected chi connectivity index (χ3v) is 1.69. The molecule has 0 N–H and O–H groups in total. The summed E-state index contributed by atoms with van der Waals surface area (Å²) in [5.74, 6) is 0.951. The van der Waals surface area contributed by atoms with Gasteiger partial charge in [0.1, 0.15) is 0 Å². The molecule has 0 radical (unpaired) electrons. The summed E-state index contributed by atoms with van der Waals surface area (Å²) in [6.45, 7) is 1.95. The fourth-order valence-electron chi connectivity index (χ4n) is 1.13. The van der Waals surface area contributed by atoms with E-state index >= 15 is 0 Å². The second kappa shape index (κ2) is 4.61. The molecule has 0 bridgehead atoms. The molecule has 0 amide bonds. The first-order valence-corrected chi connectivity index (χ1v) is 3.65. The van der Waals surface area contributed by atoms with Crippen LogP contribution >= 0.6 is 0 Å². The van der Waals surface area contributed by atoms with E-state index in [4.69, 9.17) is 4.74 Å². The van der Waals surface area contributed by atoms with Gasteiger partial charge in [-0.2, -0.15) is 12.2 Å². The fraction of sp³-hybridized carbons (Fsp3) is 0.100. The largest absolute Gasteiger partial charge is 1.00 e. The topological polar surface area (TPSA) is 9.23 Å². The van der Waals surface area contributed by atoms with E-state index in [1.807, 2.05) is 37.3 Å². The summed E-state index contributed by atoms with van der Waals surface area (Å²) in [6, 6.07) is 8.00. The van der Waals surface area contributed by atoms with Crippen molar-refractivity contribution in [3.8, 4) is 5.75 Å². The van der Waals surface area contributed by atoms with Gasteiger partial charge in [0, 0.05) is 0 Å². The van der Waals surface area contributed by atoms with Crippen LogP contribution in [0.3, 0.4) is 0 Å². The molecule has 1 heterocycles. The Hall–Kier alpha value is 0.435. The first-order chi connectivity index (χ1) is 5.36. The van der Waals surface area contributed by atoms with Crippen LogP contribution in [0.5, 0.6) is 5.75 Å². The average Bonchev–Trinajstić information content (AvgIpc) is 2.04. The zero-order valence-corrected chi connectivity index (χ0v) is 12.3. The Kier molecular flexibility index (Phi) is 4.04. The molecule has 1 aliphatic heterocycles. The van der Waals surface area contributed by atoms with Crippen LogP contribution in [0, 0.1) is 6.10 Å². The van der Waals surface area contributed by atoms with Gasteiger partial charge in [0.2, 0.25) is 0 Å². The van der Waals surface area contributed by atoms with Gasteiger partial charge in [-0.3, -0.25) is 0 Å². The number of hydrogen-bond acceptors (Lipinski definition) is 1. The number of para-hydroxylation sites is 1. The molecular formula is C10H9ORb. The quantitative estimate of drug-likeness (QED) is 0.554. The SMILES string of the molecule is C[C-]1C=Cc2ccccc2O1.[Rb+]. The molecule has 1 aromatic rings. The third kappa shape index (κ3) is 2.22. The molecule has 56 valence electrons. The standard InChI is InChI=1S/C10H9O.Rb/c1-8-6-7-9-4-2-3-5-10(9)11-8;/h2-7H,1H3;/q-1;+1. The summed E-state index contributed by atoms with van der Waals surface area (Å²) in [4.78, 5) is 0. The van der Waals surface area contributed by atoms with E-state index in [1.165, 1.54) is 0 Å². The Morgan fingerprint density at radius 1 is 1.25 bits per heavy atom. The Morgan fingerprint density at radius 2 is 2.00 bits per heavy atom. The maximum absolute atomic E-state index is 5.46.